The summed E-state index contributed by atoms with van der Waals surface area (Å²) in [5.41, 5.74) is 1.10. The Bertz CT molecular complexity index is 845. The third-order valence-corrected chi connectivity index (χ3v) is 6.34. The SMILES string of the molecule is COc1ccc(Cc2nnc(NC(=O)[C@@H]3CC(=O)N(C4CCCC4)C3)s2)cc1. The molecule has 148 valence electrons. The van der Waals surface area contributed by atoms with Gasteiger partial charge in [-0.05, 0) is 30.5 Å². The minimum absolute atomic E-state index is 0.101. The summed E-state index contributed by atoms with van der Waals surface area (Å²) in [5.74, 6) is 0.472. The number of benzene rings is 1. The molecule has 0 unspecified atom stereocenters. The first kappa shape index (κ1) is 18.9. The van der Waals surface area contributed by atoms with E-state index in [4.69, 9.17) is 4.74 Å². The van der Waals surface area contributed by atoms with E-state index in [1.54, 1.807) is 7.11 Å². The van der Waals surface area contributed by atoms with Gasteiger partial charge in [0.15, 0.2) is 0 Å². The molecule has 2 aromatic rings. The second-order valence-electron chi connectivity index (χ2n) is 7.40. The third-order valence-electron chi connectivity index (χ3n) is 5.51. The number of likely N-dealkylation sites (tertiary alicyclic amines) is 1. The molecule has 2 aliphatic rings. The Morgan fingerprint density at radius 1 is 1.25 bits per heavy atom. The summed E-state index contributed by atoms with van der Waals surface area (Å²) in [6, 6.07) is 8.11. The van der Waals surface area contributed by atoms with Crippen molar-refractivity contribution in [3.8, 4) is 5.75 Å². The first-order valence-electron chi connectivity index (χ1n) is 9.68. The average molecular weight is 401 g/mol. The van der Waals surface area contributed by atoms with Gasteiger partial charge in [-0.25, -0.2) is 0 Å². The van der Waals surface area contributed by atoms with E-state index in [0.29, 0.717) is 30.6 Å². The molecule has 7 nitrogen and oxygen atoms in total. The number of hydrogen-bond acceptors (Lipinski definition) is 6. The summed E-state index contributed by atoms with van der Waals surface area (Å²) in [6.45, 7) is 0.521. The Morgan fingerprint density at radius 2 is 2.00 bits per heavy atom. The van der Waals surface area contributed by atoms with Crippen molar-refractivity contribution in [1.29, 1.82) is 0 Å². The van der Waals surface area contributed by atoms with E-state index in [1.165, 1.54) is 24.2 Å². The molecule has 2 fully saturated rings. The van der Waals surface area contributed by atoms with Crippen molar-refractivity contribution in [3.63, 3.8) is 0 Å². The lowest BCUT2D eigenvalue weighted by Gasteiger charge is -2.23. The first-order valence-corrected chi connectivity index (χ1v) is 10.5. The van der Waals surface area contributed by atoms with Crippen molar-refractivity contribution in [2.75, 3.05) is 19.0 Å². The average Bonchev–Trinajstić information content (AvgIpc) is 3.44. The lowest BCUT2D eigenvalue weighted by Crippen LogP contribution is -2.35. The van der Waals surface area contributed by atoms with Gasteiger partial charge in [-0.1, -0.05) is 36.3 Å². The molecule has 1 aromatic carbocycles. The number of nitrogens with one attached hydrogen (secondary N) is 1. The number of rotatable bonds is 6. The van der Waals surface area contributed by atoms with Gasteiger partial charge in [-0.15, -0.1) is 10.2 Å². The van der Waals surface area contributed by atoms with Crippen LogP contribution in [0.25, 0.3) is 0 Å². The van der Waals surface area contributed by atoms with Crippen LogP contribution in [0.1, 0.15) is 42.7 Å². The molecular formula is C20H24N4O3S. The summed E-state index contributed by atoms with van der Waals surface area (Å²) in [7, 11) is 1.64. The topological polar surface area (TPSA) is 84.4 Å². The van der Waals surface area contributed by atoms with Crippen LogP contribution in [0.4, 0.5) is 5.13 Å². The molecule has 1 saturated carbocycles. The number of hydrogen-bond donors (Lipinski definition) is 1. The Kier molecular flexibility index (Phi) is 5.57. The maximum atomic E-state index is 12.6. The van der Waals surface area contributed by atoms with E-state index in [0.717, 1.165) is 29.2 Å². The van der Waals surface area contributed by atoms with E-state index in [2.05, 4.69) is 15.5 Å². The third kappa shape index (κ3) is 4.16. The molecule has 28 heavy (non-hydrogen) atoms. The molecule has 1 aliphatic carbocycles. The number of methoxy groups -OCH3 is 1. The summed E-state index contributed by atoms with van der Waals surface area (Å²) in [5, 5.41) is 12.4. The lowest BCUT2D eigenvalue weighted by atomic mass is 10.1. The minimum atomic E-state index is -0.304. The van der Waals surface area contributed by atoms with Crippen LogP contribution in [0, 0.1) is 5.92 Å². The largest absolute Gasteiger partial charge is 0.497 e. The fraction of sp³-hybridized carbons (Fsp3) is 0.500. The van der Waals surface area contributed by atoms with Gasteiger partial charge >= 0.3 is 0 Å². The quantitative estimate of drug-likeness (QED) is 0.806. The molecule has 1 atom stereocenters. The van der Waals surface area contributed by atoms with Crippen LogP contribution in [0.2, 0.25) is 0 Å². The van der Waals surface area contributed by atoms with Gasteiger partial charge in [0.05, 0.1) is 13.0 Å². The summed E-state index contributed by atoms with van der Waals surface area (Å²) in [4.78, 5) is 26.8. The molecule has 0 radical (unpaired) electrons. The summed E-state index contributed by atoms with van der Waals surface area (Å²) >= 11 is 1.37. The minimum Gasteiger partial charge on any atom is -0.497 e. The molecule has 2 heterocycles. The van der Waals surface area contributed by atoms with Crippen LogP contribution in [-0.4, -0.2) is 46.6 Å². The molecule has 1 N–H and O–H groups in total. The molecule has 1 aliphatic heterocycles. The molecule has 0 spiro atoms. The highest BCUT2D eigenvalue weighted by molar-refractivity contribution is 7.15. The van der Waals surface area contributed by atoms with E-state index >= 15 is 0 Å². The fourth-order valence-corrected chi connectivity index (χ4v) is 4.75. The van der Waals surface area contributed by atoms with E-state index < -0.39 is 0 Å². The maximum Gasteiger partial charge on any atom is 0.231 e. The molecule has 2 amide bonds. The Hall–Kier alpha value is -2.48. The van der Waals surface area contributed by atoms with Crippen molar-refractivity contribution < 1.29 is 14.3 Å². The lowest BCUT2D eigenvalue weighted by molar-refractivity contribution is -0.129. The summed E-state index contributed by atoms with van der Waals surface area (Å²) in [6.07, 6.45) is 5.41. The van der Waals surface area contributed by atoms with Gasteiger partial charge in [-0.2, -0.15) is 0 Å². The number of anilines is 1. The smallest absolute Gasteiger partial charge is 0.231 e. The Morgan fingerprint density at radius 3 is 2.71 bits per heavy atom. The van der Waals surface area contributed by atoms with Crippen molar-refractivity contribution >= 4 is 28.3 Å². The van der Waals surface area contributed by atoms with Gasteiger partial charge in [0.2, 0.25) is 16.9 Å². The standard InChI is InChI=1S/C20H24N4O3S/c1-27-16-8-6-13(7-9-16)10-17-22-23-20(28-17)21-19(26)14-11-18(25)24(12-14)15-4-2-3-5-15/h6-9,14-15H,2-5,10-12H2,1H3,(H,21,23,26)/t14-/m1/s1. The molecule has 8 heteroatoms. The number of nitrogens with zero attached hydrogens (tertiary/aromatic N) is 3. The molecule has 1 saturated heterocycles. The predicted octanol–water partition coefficient (Wildman–Crippen LogP) is 2.87. The zero-order valence-electron chi connectivity index (χ0n) is 15.9. The van der Waals surface area contributed by atoms with Crippen LogP contribution in [0.15, 0.2) is 24.3 Å². The van der Waals surface area contributed by atoms with Crippen molar-refractivity contribution in [2.24, 2.45) is 5.92 Å². The van der Waals surface area contributed by atoms with Crippen LogP contribution in [0.3, 0.4) is 0 Å². The zero-order chi connectivity index (χ0) is 19.5. The highest BCUT2D eigenvalue weighted by Crippen LogP contribution is 2.30. The Balaban J connectivity index is 1.33. The Labute approximate surface area is 168 Å². The van der Waals surface area contributed by atoms with Gasteiger partial charge in [0.1, 0.15) is 10.8 Å². The number of carbonyl (C=O) groups is 2. The highest BCUT2D eigenvalue weighted by atomic mass is 32.1. The van der Waals surface area contributed by atoms with Crippen LogP contribution < -0.4 is 10.1 Å². The van der Waals surface area contributed by atoms with Crippen molar-refractivity contribution in [1.82, 2.24) is 15.1 Å². The van der Waals surface area contributed by atoms with Gasteiger partial charge in [0.25, 0.3) is 0 Å². The highest BCUT2D eigenvalue weighted by Gasteiger charge is 2.38. The van der Waals surface area contributed by atoms with Crippen LogP contribution in [0.5, 0.6) is 5.75 Å². The monoisotopic (exact) mass is 400 g/mol. The van der Waals surface area contributed by atoms with E-state index in [9.17, 15) is 9.59 Å². The van der Waals surface area contributed by atoms with Crippen LogP contribution in [-0.2, 0) is 16.0 Å². The molecule has 4 rings (SSSR count). The zero-order valence-corrected chi connectivity index (χ0v) is 16.7. The van der Waals surface area contributed by atoms with Crippen LogP contribution >= 0.6 is 11.3 Å². The molecular weight excluding hydrogens is 376 g/mol. The second kappa shape index (κ2) is 8.26. The maximum absolute atomic E-state index is 12.6. The number of carbonyl (C=O) groups excluding carboxylic acids is 2. The fourth-order valence-electron chi connectivity index (χ4n) is 3.98. The first-order chi connectivity index (χ1) is 13.6. The normalized spacial score (nSPS) is 20.0. The van der Waals surface area contributed by atoms with Crippen molar-refractivity contribution in [3.05, 3.63) is 34.8 Å². The second-order valence-corrected chi connectivity index (χ2v) is 8.46. The van der Waals surface area contributed by atoms with Gasteiger partial charge in [0, 0.05) is 25.4 Å². The molecule has 1 aromatic heterocycles. The van der Waals surface area contributed by atoms with E-state index in [1.807, 2.05) is 29.2 Å². The van der Waals surface area contributed by atoms with Crippen molar-refractivity contribution in [2.45, 2.75) is 44.6 Å². The number of amides is 2. The van der Waals surface area contributed by atoms with Gasteiger partial charge < -0.3 is 15.0 Å². The van der Waals surface area contributed by atoms with Gasteiger partial charge in [-0.3, -0.25) is 9.59 Å². The predicted molar refractivity (Wildman–Crippen MR) is 106 cm³/mol. The van der Waals surface area contributed by atoms with E-state index in [-0.39, 0.29) is 17.7 Å². The number of ether oxygens (including phenoxy) is 1. The number of aromatic nitrogens is 2. The summed E-state index contributed by atoms with van der Waals surface area (Å²) < 4.78 is 5.16. The molecule has 0 bridgehead atoms.